The maximum absolute atomic E-state index is 11.4. The second kappa shape index (κ2) is 7.91. The van der Waals surface area contributed by atoms with E-state index in [1.54, 1.807) is 12.1 Å². The van der Waals surface area contributed by atoms with E-state index in [0.717, 1.165) is 31.4 Å². The zero-order valence-electron chi connectivity index (χ0n) is 10.1. The van der Waals surface area contributed by atoms with Crippen molar-refractivity contribution >= 4 is 23.6 Å². The molecule has 0 saturated heterocycles. The molecule has 1 N–H and O–H groups in total. The molecule has 0 unspecified atom stereocenters. The molecule has 0 aromatic heterocycles. The van der Waals surface area contributed by atoms with Crippen LogP contribution in [-0.2, 0) is 4.79 Å². The van der Waals surface area contributed by atoms with E-state index in [0.29, 0.717) is 5.02 Å². The van der Waals surface area contributed by atoms with Gasteiger partial charge < -0.3 is 5.32 Å². The van der Waals surface area contributed by atoms with Gasteiger partial charge in [-0.05, 0) is 24.1 Å². The molecule has 0 atom stereocenters. The zero-order valence-corrected chi connectivity index (χ0v) is 10.8. The first-order chi connectivity index (χ1) is 8.24. The molecule has 2 nitrogen and oxygen atoms in total. The van der Waals surface area contributed by atoms with Crippen LogP contribution in [0.3, 0.4) is 0 Å². The molecule has 0 aliphatic carbocycles. The first kappa shape index (κ1) is 13.8. The number of amides is 1. The van der Waals surface area contributed by atoms with Crippen molar-refractivity contribution in [3.63, 3.8) is 0 Å². The smallest absolute Gasteiger partial charge is 0.243 e. The molecular formula is C14H18ClNO. The second-order valence-corrected chi connectivity index (χ2v) is 4.26. The standard InChI is InChI=1S/C14H18ClNO/c1-2-3-6-11-16-14(17)10-9-12-7-4-5-8-13(12)15/h4-5,7-10H,2-3,6,11H2,1H3,(H,16,17). The number of carbonyl (C=O) groups is 1. The van der Waals surface area contributed by atoms with Crippen LogP contribution in [0.4, 0.5) is 0 Å². The molecule has 0 fully saturated rings. The number of hydrogen-bond donors (Lipinski definition) is 1. The van der Waals surface area contributed by atoms with Gasteiger partial charge in [0, 0.05) is 17.6 Å². The Kier molecular flexibility index (Phi) is 6.41. The van der Waals surface area contributed by atoms with Gasteiger partial charge in [-0.15, -0.1) is 0 Å². The van der Waals surface area contributed by atoms with Crippen LogP contribution in [-0.4, -0.2) is 12.5 Å². The average Bonchev–Trinajstić information content (AvgIpc) is 2.34. The van der Waals surface area contributed by atoms with Gasteiger partial charge >= 0.3 is 0 Å². The second-order valence-electron chi connectivity index (χ2n) is 3.85. The van der Waals surface area contributed by atoms with Gasteiger partial charge in [-0.25, -0.2) is 0 Å². The largest absolute Gasteiger partial charge is 0.353 e. The highest BCUT2D eigenvalue weighted by Crippen LogP contribution is 2.15. The summed E-state index contributed by atoms with van der Waals surface area (Å²) in [4.78, 5) is 11.4. The third kappa shape index (κ3) is 5.55. The van der Waals surface area contributed by atoms with Crippen molar-refractivity contribution in [3.8, 4) is 0 Å². The van der Waals surface area contributed by atoms with Crippen LogP contribution in [0.5, 0.6) is 0 Å². The van der Waals surface area contributed by atoms with E-state index in [9.17, 15) is 4.79 Å². The lowest BCUT2D eigenvalue weighted by molar-refractivity contribution is -0.116. The highest BCUT2D eigenvalue weighted by molar-refractivity contribution is 6.32. The molecule has 0 bridgehead atoms. The summed E-state index contributed by atoms with van der Waals surface area (Å²) >= 11 is 5.97. The Bertz CT molecular complexity index is 388. The van der Waals surface area contributed by atoms with Gasteiger partial charge in [0.15, 0.2) is 0 Å². The minimum absolute atomic E-state index is 0.0685. The Morgan fingerprint density at radius 3 is 2.82 bits per heavy atom. The molecule has 0 spiro atoms. The molecular weight excluding hydrogens is 234 g/mol. The quantitative estimate of drug-likeness (QED) is 0.607. The minimum atomic E-state index is -0.0685. The van der Waals surface area contributed by atoms with Gasteiger partial charge in [0.05, 0.1) is 0 Å². The van der Waals surface area contributed by atoms with E-state index in [4.69, 9.17) is 11.6 Å². The number of hydrogen-bond acceptors (Lipinski definition) is 1. The number of rotatable bonds is 6. The van der Waals surface area contributed by atoms with Crippen molar-refractivity contribution in [1.29, 1.82) is 0 Å². The minimum Gasteiger partial charge on any atom is -0.353 e. The Morgan fingerprint density at radius 1 is 1.35 bits per heavy atom. The van der Waals surface area contributed by atoms with Gasteiger partial charge in [0.1, 0.15) is 0 Å². The van der Waals surface area contributed by atoms with Gasteiger partial charge in [-0.1, -0.05) is 49.6 Å². The van der Waals surface area contributed by atoms with E-state index >= 15 is 0 Å². The number of benzene rings is 1. The highest BCUT2D eigenvalue weighted by Gasteiger charge is 1.96. The van der Waals surface area contributed by atoms with Crippen LogP contribution in [0.2, 0.25) is 5.02 Å². The molecule has 0 radical (unpaired) electrons. The summed E-state index contributed by atoms with van der Waals surface area (Å²) in [6.07, 6.45) is 6.59. The molecule has 0 heterocycles. The lowest BCUT2D eigenvalue weighted by Gasteiger charge is -2.01. The monoisotopic (exact) mass is 251 g/mol. The van der Waals surface area contributed by atoms with Crippen LogP contribution >= 0.6 is 11.6 Å². The lowest BCUT2D eigenvalue weighted by Crippen LogP contribution is -2.21. The zero-order chi connectivity index (χ0) is 12.5. The summed E-state index contributed by atoms with van der Waals surface area (Å²) in [5, 5.41) is 3.49. The molecule has 3 heteroatoms. The highest BCUT2D eigenvalue weighted by atomic mass is 35.5. The average molecular weight is 252 g/mol. The van der Waals surface area contributed by atoms with Crippen LogP contribution < -0.4 is 5.32 Å². The van der Waals surface area contributed by atoms with Crippen molar-refractivity contribution in [2.24, 2.45) is 0 Å². The molecule has 0 saturated carbocycles. The Morgan fingerprint density at radius 2 is 2.12 bits per heavy atom. The first-order valence-corrected chi connectivity index (χ1v) is 6.32. The molecule has 0 aliphatic heterocycles. The normalized spacial score (nSPS) is 10.7. The van der Waals surface area contributed by atoms with Crippen LogP contribution in [0.25, 0.3) is 6.08 Å². The van der Waals surface area contributed by atoms with Crippen LogP contribution in [0.15, 0.2) is 30.3 Å². The summed E-state index contributed by atoms with van der Waals surface area (Å²) in [5.74, 6) is -0.0685. The van der Waals surface area contributed by atoms with Crippen LogP contribution in [0, 0.1) is 0 Å². The summed E-state index contributed by atoms with van der Waals surface area (Å²) in [5.41, 5.74) is 0.859. The third-order valence-corrected chi connectivity index (χ3v) is 2.74. The molecule has 92 valence electrons. The fraction of sp³-hybridized carbons (Fsp3) is 0.357. The summed E-state index contributed by atoms with van der Waals surface area (Å²) in [6.45, 7) is 2.87. The first-order valence-electron chi connectivity index (χ1n) is 5.94. The number of unbranched alkanes of at least 4 members (excludes halogenated alkanes) is 2. The van der Waals surface area contributed by atoms with Crippen LogP contribution in [0.1, 0.15) is 31.7 Å². The third-order valence-electron chi connectivity index (χ3n) is 2.40. The molecule has 1 rings (SSSR count). The van der Waals surface area contributed by atoms with Gasteiger partial charge in [-0.2, -0.15) is 0 Å². The molecule has 0 aliphatic rings. The van der Waals surface area contributed by atoms with E-state index in [1.165, 1.54) is 6.08 Å². The fourth-order valence-corrected chi connectivity index (χ4v) is 1.62. The predicted molar refractivity (Wildman–Crippen MR) is 73.0 cm³/mol. The summed E-state index contributed by atoms with van der Waals surface area (Å²) in [7, 11) is 0. The summed E-state index contributed by atoms with van der Waals surface area (Å²) in [6, 6.07) is 7.44. The maximum Gasteiger partial charge on any atom is 0.243 e. The van der Waals surface area contributed by atoms with Crippen molar-refractivity contribution in [1.82, 2.24) is 5.32 Å². The molecule has 17 heavy (non-hydrogen) atoms. The van der Waals surface area contributed by atoms with Crippen molar-refractivity contribution < 1.29 is 4.79 Å². The van der Waals surface area contributed by atoms with Gasteiger partial charge in [-0.3, -0.25) is 4.79 Å². The Balaban J connectivity index is 2.38. The molecule has 1 aromatic rings. The van der Waals surface area contributed by atoms with Crippen molar-refractivity contribution in [2.75, 3.05) is 6.54 Å². The van der Waals surface area contributed by atoms with E-state index in [2.05, 4.69) is 12.2 Å². The maximum atomic E-state index is 11.4. The van der Waals surface area contributed by atoms with Gasteiger partial charge in [0.2, 0.25) is 5.91 Å². The van der Waals surface area contributed by atoms with E-state index < -0.39 is 0 Å². The van der Waals surface area contributed by atoms with E-state index in [1.807, 2.05) is 18.2 Å². The number of carbonyl (C=O) groups excluding carboxylic acids is 1. The SMILES string of the molecule is CCCCCNC(=O)C=Cc1ccccc1Cl. The van der Waals surface area contributed by atoms with Crippen molar-refractivity contribution in [3.05, 3.63) is 40.9 Å². The number of nitrogens with one attached hydrogen (secondary N) is 1. The summed E-state index contributed by atoms with van der Waals surface area (Å²) < 4.78 is 0. The number of halogens is 1. The van der Waals surface area contributed by atoms with Gasteiger partial charge in [0.25, 0.3) is 0 Å². The lowest BCUT2D eigenvalue weighted by atomic mass is 10.2. The van der Waals surface area contributed by atoms with E-state index in [-0.39, 0.29) is 5.91 Å². The Labute approximate surface area is 108 Å². The predicted octanol–water partition coefficient (Wildman–Crippen LogP) is 3.66. The fourth-order valence-electron chi connectivity index (χ4n) is 1.42. The Hall–Kier alpha value is -1.28. The topological polar surface area (TPSA) is 29.1 Å². The molecule has 1 aromatic carbocycles. The molecule has 1 amide bonds. The van der Waals surface area contributed by atoms with Crippen molar-refractivity contribution in [2.45, 2.75) is 26.2 Å².